The molecule has 1 aromatic rings. The van der Waals surface area contributed by atoms with Crippen LogP contribution < -0.4 is 0 Å². The lowest BCUT2D eigenvalue weighted by molar-refractivity contribution is -0.135. The summed E-state index contributed by atoms with van der Waals surface area (Å²) >= 11 is 1.15. The first-order valence-corrected chi connectivity index (χ1v) is 8.56. The smallest absolute Gasteiger partial charge is 0.313 e. The molecule has 1 saturated heterocycles. The van der Waals surface area contributed by atoms with Crippen molar-refractivity contribution in [2.45, 2.75) is 25.0 Å². The topological polar surface area (TPSA) is 66.8 Å². The number of rotatable bonds is 4. The fourth-order valence-electron chi connectivity index (χ4n) is 3.23. The zero-order chi connectivity index (χ0) is 15.6. The second-order valence-corrected chi connectivity index (χ2v) is 6.69. The zero-order valence-corrected chi connectivity index (χ0v) is 13.1. The Bertz CT molecular complexity index is 581. The van der Waals surface area contributed by atoms with Crippen LogP contribution in [0.4, 0.5) is 0 Å². The molecule has 3 rings (SSSR count). The fourth-order valence-corrected chi connectivity index (χ4v) is 3.87. The van der Waals surface area contributed by atoms with Crippen molar-refractivity contribution >= 4 is 23.6 Å². The highest BCUT2D eigenvalue weighted by atomic mass is 32.2. The van der Waals surface area contributed by atoms with E-state index in [-0.39, 0.29) is 23.0 Å². The van der Waals surface area contributed by atoms with Gasteiger partial charge in [-0.2, -0.15) is 0 Å². The number of ether oxygens (including phenoxy) is 1. The molecule has 0 radical (unpaired) electrons. The molecule has 2 heterocycles. The van der Waals surface area contributed by atoms with E-state index in [9.17, 15) is 9.59 Å². The Morgan fingerprint density at radius 3 is 2.68 bits per heavy atom. The fraction of sp³-hybridized carbons (Fsp3) is 0.500. The number of carboxylic acid groups (broad SMARTS) is 1. The van der Waals surface area contributed by atoms with E-state index in [0.717, 1.165) is 24.6 Å². The minimum atomic E-state index is -0.883. The third kappa shape index (κ3) is 2.98. The SMILES string of the molecule is O=C(O)CSCC(=O)N1CCC2(CC1)OCc1ccccc12. The van der Waals surface area contributed by atoms with Gasteiger partial charge in [0.2, 0.25) is 5.91 Å². The van der Waals surface area contributed by atoms with Crippen LogP contribution >= 0.6 is 11.8 Å². The molecule has 22 heavy (non-hydrogen) atoms. The van der Waals surface area contributed by atoms with Crippen molar-refractivity contribution in [1.29, 1.82) is 0 Å². The van der Waals surface area contributed by atoms with Gasteiger partial charge in [0.1, 0.15) is 0 Å². The van der Waals surface area contributed by atoms with E-state index in [4.69, 9.17) is 9.84 Å². The van der Waals surface area contributed by atoms with E-state index in [1.165, 1.54) is 11.1 Å². The molecule has 1 amide bonds. The van der Waals surface area contributed by atoms with Gasteiger partial charge in [-0.1, -0.05) is 24.3 Å². The Balaban J connectivity index is 1.57. The number of amides is 1. The van der Waals surface area contributed by atoms with Crippen molar-refractivity contribution in [3.8, 4) is 0 Å². The van der Waals surface area contributed by atoms with Crippen LogP contribution in [-0.2, 0) is 26.5 Å². The molecule has 2 aliphatic rings. The van der Waals surface area contributed by atoms with Crippen LogP contribution in [0, 0.1) is 0 Å². The molecule has 1 aromatic carbocycles. The molecular weight excluding hydrogens is 302 g/mol. The van der Waals surface area contributed by atoms with E-state index >= 15 is 0 Å². The Labute approximate surface area is 133 Å². The molecule has 0 aromatic heterocycles. The first kappa shape index (κ1) is 15.4. The maximum Gasteiger partial charge on any atom is 0.313 e. The van der Waals surface area contributed by atoms with Gasteiger partial charge < -0.3 is 14.7 Å². The van der Waals surface area contributed by atoms with Crippen molar-refractivity contribution in [3.63, 3.8) is 0 Å². The number of benzene rings is 1. The van der Waals surface area contributed by atoms with E-state index in [0.29, 0.717) is 19.7 Å². The number of aliphatic carboxylic acids is 1. The zero-order valence-electron chi connectivity index (χ0n) is 12.3. The van der Waals surface area contributed by atoms with Gasteiger partial charge in [0.25, 0.3) is 0 Å². The third-order valence-electron chi connectivity index (χ3n) is 4.39. The lowest BCUT2D eigenvalue weighted by atomic mass is 9.84. The highest BCUT2D eigenvalue weighted by Crippen LogP contribution is 2.43. The number of piperidine rings is 1. The number of nitrogens with zero attached hydrogens (tertiary/aromatic N) is 1. The number of carbonyl (C=O) groups excluding carboxylic acids is 1. The molecule has 1 spiro atoms. The summed E-state index contributed by atoms with van der Waals surface area (Å²) in [6, 6.07) is 8.29. The van der Waals surface area contributed by atoms with Crippen molar-refractivity contribution < 1.29 is 19.4 Å². The molecule has 6 heteroatoms. The predicted octanol–water partition coefficient (Wildman–Crippen LogP) is 1.85. The summed E-state index contributed by atoms with van der Waals surface area (Å²) in [5.41, 5.74) is 2.28. The van der Waals surface area contributed by atoms with Crippen LogP contribution in [-0.4, -0.2) is 46.5 Å². The first-order valence-electron chi connectivity index (χ1n) is 7.40. The molecule has 0 saturated carbocycles. The third-order valence-corrected chi connectivity index (χ3v) is 5.29. The van der Waals surface area contributed by atoms with Gasteiger partial charge in [-0.3, -0.25) is 9.59 Å². The number of likely N-dealkylation sites (tertiary alicyclic amines) is 1. The number of hydrogen-bond acceptors (Lipinski definition) is 4. The minimum Gasteiger partial charge on any atom is -0.481 e. The molecule has 0 aliphatic carbocycles. The maximum absolute atomic E-state index is 12.1. The second kappa shape index (κ2) is 6.30. The lowest BCUT2D eigenvalue weighted by Gasteiger charge is -2.39. The summed E-state index contributed by atoms with van der Waals surface area (Å²) < 4.78 is 6.07. The summed E-state index contributed by atoms with van der Waals surface area (Å²) in [6.45, 7) is 1.99. The summed E-state index contributed by atoms with van der Waals surface area (Å²) in [5.74, 6) is -0.657. The largest absolute Gasteiger partial charge is 0.481 e. The monoisotopic (exact) mass is 321 g/mol. The minimum absolute atomic E-state index is 0.0207. The average molecular weight is 321 g/mol. The summed E-state index contributed by atoms with van der Waals surface area (Å²) in [4.78, 5) is 24.4. The summed E-state index contributed by atoms with van der Waals surface area (Å²) in [7, 11) is 0. The number of thioether (sulfide) groups is 1. The molecule has 118 valence electrons. The van der Waals surface area contributed by atoms with Crippen molar-refractivity contribution in [2.75, 3.05) is 24.6 Å². The Morgan fingerprint density at radius 1 is 1.23 bits per heavy atom. The quantitative estimate of drug-likeness (QED) is 0.917. The molecule has 1 fully saturated rings. The van der Waals surface area contributed by atoms with Gasteiger partial charge in [-0.05, 0) is 24.0 Å². The van der Waals surface area contributed by atoms with Crippen molar-refractivity contribution in [3.05, 3.63) is 35.4 Å². The maximum atomic E-state index is 12.1. The molecule has 1 N–H and O–H groups in total. The molecule has 0 unspecified atom stereocenters. The standard InChI is InChI=1S/C16H19NO4S/c18-14(10-22-11-15(19)20)17-7-5-16(6-8-17)13-4-2-1-3-12(13)9-21-16/h1-4H,5-11H2,(H,19,20). The Morgan fingerprint density at radius 2 is 1.95 bits per heavy atom. The van der Waals surface area contributed by atoms with Crippen LogP contribution in [0.3, 0.4) is 0 Å². The average Bonchev–Trinajstić information content (AvgIpc) is 2.87. The second-order valence-electron chi connectivity index (χ2n) is 5.71. The number of carbonyl (C=O) groups is 2. The number of hydrogen-bond donors (Lipinski definition) is 1. The van der Waals surface area contributed by atoms with Crippen LogP contribution in [0.2, 0.25) is 0 Å². The number of carboxylic acids is 1. The highest BCUT2D eigenvalue weighted by Gasteiger charge is 2.42. The Hall–Kier alpha value is -1.53. The first-order chi connectivity index (χ1) is 10.6. The van der Waals surface area contributed by atoms with Gasteiger partial charge in [0.05, 0.1) is 23.7 Å². The van der Waals surface area contributed by atoms with Crippen molar-refractivity contribution in [1.82, 2.24) is 4.90 Å². The van der Waals surface area contributed by atoms with E-state index in [2.05, 4.69) is 12.1 Å². The van der Waals surface area contributed by atoms with Gasteiger partial charge >= 0.3 is 5.97 Å². The van der Waals surface area contributed by atoms with Gasteiger partial charge in [-0.25, -0.2) is 0 Å². The van der Waals surface area contributed by atoms with E-state index in [1.54, 1.807) is 0 Å². The highest BCUT2D eigenvalue weighted by molar-refractivity contribution is 8.00. The normalized spacial score (nSPS) is 19.2. The van der Waals surface area contributed by atoms with Crippen LogP contribution in [0.1, 0.15) is 24.0 Å². The van der Waals surface area contributed by atoms with Crippen LogP contribution in [0.5, 0.6) is 0 Å². The Kier molecular flexibility index (Phi) is 4.40. The predicted molar refractivity (Wildman–Crippen MR) is 83.7 cm³/mol. The molecular formula is C16H19NO4S. The molecule has 0 atom stereocenters. The summed E-state index contributed by atoms with van der Waals surface area (Å²) in [5, 5.41) is 8.61. The molecule has 0 bridgehead atoms. The van der Waals surface area contributed by atoms with Gasteiger partial charge in [-0.15, -0.1) is 11.8 Å². The molecule has 2 aliphatic heterocycles. The number of fused-ring (bicyclic) bond motifs is 2. The molecule has 5 nitrogen and oxygen atoms in total. The van der Waals surface area contributed by atoms with Gasteiger partial charge in [0.15, 0.2) is 0 Å². The van der Waals surface area contributed by atoms with Crippen LogP contribution in [0.15, 0.2) is 24.3 Å². The van der Waals surface area contributed by atoms with Crippen LogP contribution in [0.25, 0.3) is 0 Å². The summed E-state index contributed by atoms with van der Waals surface area (Å²) in [6.07, 6.45) is 1.61. The van der Waals surface area contributed by atoms with E-state index < -0.39 is 5.97 Å². The van der Waals surface area contributed by atoms with Crippen molar-refractivity contribution in [2.24, 2.45) is 0 Å². The van der Waals surface area contributed by atoms with Gasteiger partial charge in [0, 0.05) is 13.1 Å². The lowest BCUT2D eigenvalue weighted by Crippen LogP contribution is -2.45. The van der Waals surface area contributed by atoms with E-state index in [1.807, 2.05) is 17.0 Å².